The molecular weight excluding hydrogens is 154 g/mol. The first-order valence-electron chi connectivity index (χ1n) is 3.03. The molecule has 62 valence electrons. The molecule has 11 heavy (non-hydrogen) atoms. The highest BCUT2D eigenvalue weighted by molar-refractivity contribution is 5.80. The average molecular weight is 162 g/mol. The second-order valence-corrected chi connectivity index (χ2v) is 1.99. The summed E-state index contributed by atoms with van der Waals surface area (Å²) in [7, 11) is 0. The van der Waals surface area contributed by atoms with Gasteiger partial charge in [0.1, 0.15) is 5.92 Å². The number of alkyl halides is 2. The highest BCUT2D eigenvalue weighted by Gasteiger charge is 2.12. The molecule has 0 saturated heterocycles. The molecule has 1 unspecified atom stereocenters. The molecule has 0 rings (SSSR count). The fraction of sp³-hybridized carbons (Fsp3) is 0.667. The summed E-state index contributed by atoms with van der Waals surface area (Å²) in [6, 6.07) is 1.63. The first-order chi connectivity index (χ1) is 5.07. The minimum Gasteiger partial charge on any atom is -0.349 e. The van der Waals surface area contributed by atoms with Crippen LogP contribution in [0.5, 0.6) is 0 Å². The summed E-state index contributed by atoms with van der Waals surface area (Å²) in [5.41, 5.74) is 0. The lowest BCUT2D eigenvalue weighted by molar-refractivity contribution is -0.123. The lowest BCUT2D eigenvalue weighted by atomic mass is 10.2. The molecule has 0 fully saturated rings. The Morgan fingerprint density at radius 2 is 2.27 bits per heavy atom. The molecule has 1 N–H and O–H groups in total. The predicted octanol–water partition coefficient (Wildman–Crippen LogP) is 0.527. The summed E-state index contributed by atoms with van der Waals surface area (Å²) < 4.78 is 22.9. The van der Waals surface area contributed by atoms with Crippen LogP contribution in [0.2, 0.25) is 0 Å². The van der Waals surface area contributed by atoms with Crippen molar-refractivity contribution in [3.63, 3.8) is 0 Å². The standard InChI is InChI=1S/C6H8F2N2O/c1-4(2-9)6(11)10-3-5(7)8/h4-5H,3H2,1H3,(H,10,11). The van der Waals surface area contributed by atoms with Crippen molar-refractivity contribution in [2.45, 2.75) is 13.3 Å². The first kappa shape index (κ1) is 9.82. The van der Waals surface area contributed by atoms with Crippen molar-refractivity contribution in [1.29, 1.82) is 5.26 Å². The van der Waals surface area contributed by atoms with E-state index < -0.39 is 24.8 Å². The molecule has 0 aliphatic rings. The van der Waals surface area contributed by atoms with E-state index in [9.17, 15) is 13.6 Å². The molecule has 0 aromatic carbocycles. The normalized spacial score (nSPS) is 12.3. The maximum Gasteiger partial charge on any atom is 0.255 e. The Hall–Kier alpha value is -1.18. The lowest BCUT2D eigenvalue weighted by Gasteiger charge is -2.03. The van der Waals surface area contributed by atoms with Crippen LogP contribution in [0.3, 0.4) is 0 Å². The molecule has 0 aromatic heterocycles. The predicted molar refractivity (Wildman–Crippen MR) is 33.8 cm³/mol. The highest BCUT2D eigenvalue weighted by Crippen LogP contribution is 1.93. The maximum atomic E-state index is 11.5. The summed E-state index contributed by atoms with van der Waals surface area (Å²) in [4.78, 5) is 10.6. The summed E-state index contributed by atoms with van der Waals surface area (Å²) in [6.07, 6.45) is -2.56. The third-order valence-corrected chi connectivity index (χ3v) is 1.02. The van der Waals surface area contributed by atoms with Gasteiger partial charge in [-0.15, -0.1) is 0 Å². The molecule has 0 aromatic rings. The second-order valence-electron chi connectivity index (χ2n) is 1.99. The molecule has 0 bridgehead atoms. The number of hydrogen-bond acceptors (Lipinski definition) is 2. The monoisotopic (exact) mass is 162 g/mol. The van der Waals surface area contributed by atoms with E-state index in [0.717, 1.165) is 0 Å². The van der Waals surface area contributed by atoms with Crippen LogP contribution < -0.4 is 5.32 Å². The summed E-state index contributed by atoms with van der Waals surface area (Å²) in [6.45, 7) is 0.658. The zero-order valence-corrected chi connectivity index (χ0v) is 5.97. The molecule has 0 spiro atoms. The van der Waals surface area contributed by atoms with Crippen molar-refractivity contribution in [1.82, 2.24) is 5.32 Å². The number of carbonyl (C=O) groups excluding carboxylic acids is 1. The molecule has 0 aliphatic heterocycles. The van der Waals surface area contributed by atoms with Gasteiger partial charge in [-0.1, -0.05) is 0 Å². The molecule has 1 atom stereocenters. The number of carbonyl (C=O) groups is 1. The Morgan fingerprint density at radius 3 is 2.64 bits per heavy atom. The molecule has 0 saturated carbocycles. The van der Waals surface area contributed by atoms with Gasteiger partial charge in [-0.3, -0.25) is 4.79 Å². The Balaban J connectivity index is 3.63. The van der Waals surface area contributed by atoms with Gasteiger partial charge < -0.3 is 5.32 Å². The van der Waals surface area contributed by atoms with Crippen molar-refractivity contribution < 1.29 is 13.6 Å². The van der Waals surface area contributed by atoms with Gasteiger partial charge in [0.05, 0.1) is 12.6 Å². The van der Waals surface area contributed by atoms with E-state index in [1.165, 1.54) is 6.92 Å². The Bertz CT molecular complexity index is 176. The van der Waals surface area contributed by atoms with Gasteiger partial charge in [-0.05, 0) is 6.92 Å². The van der Waals surface area contributed by atoms with Gasteiger partial charge in [0, 0.05) is 0 Å². The van der Waals surface area contributed by atoms with Crippen LogP contribution in [0.25, 0.3) is 0 Å². The molecule has 1 amide bonds. The number of halogens is 2. The minimum atomic E-state index is -2.56. The van der Waals surface area contributed by atoms with E-state index in [-0.39, 0.29) is 0 Å². The van der Waals surface area contributed by atoms with Gasteiger partial charge in [-0.2, -0.15) is 5.26 Å². The maximum absolute atomic E-state index is 11.5. The first-order valence-corrected chi connectivity index (χ1v) is 3.03. The largest absolute Gasteiger partial charge is 0.349 e. The van der Waals surface area contributed by atoms with Gasteiger partial charge in [0.25, 0.3) is 6.43 Å². The number of amides is 1. The fourth-order valence-electron chi connectivity index (χ4n) is 0.389. The van der Waals surface area contributed by atoms with Crippen LogP contribution in [-0.4, -0.2) is 18.9 Å². The topological polar surface area (TPSA) is 52.9 Å². The number of nitrogens with one attached hydrogen (secondary N) is 1. The van der Waals surface area contributed by atoms with Crippen molar-refractivity contribution in [3.05, 3.63) is 0 Å². The van der Waals surface area contributed by atoms with Gasteiger partial charge in [0.2, 0.25) is 5.91 Å². The number of nitriles is 1. The highest BCUT2D eigenvalue weighted by atomic mass is 19.3. The van der Waals surface area contributed by atoms with E-state index in [0.29, 0.717) is 0 Å². The quantitative estimate of drug-likeness (QED) is 0.658. The molecule has 0 aliphatic carbocycles. The molecule has 0 radical (unpaired) electrons. The van der Waals surface area contributed by atoms with E-state index in [4.69, 9.17) is 5.26 Å². The van der Waals surface area contributed by atoms with Crippen molar-refractivity contribution in [2.24, 2.45) is 5.92 Å². The van der Waals surface area contributed by atoms with E-state index in [1.54, 1.807) is 6.07 Å². The van der Waals surface area contributed by atoms with Crippen LogP contribution in [0.15, 0.2) is 0 Å². The van der Waals surface area contributed by atoms with Crippen LogP contribution in [0.1, 0.15) is 6.92 Å². The zero-order valence-electron chi connectivity index (χ0n) is 5.97. The Kier molecular flexibility index (Phi) is 4.11. The van der Waals surface area contributed by atoms with E-state index >= 15 is 0 Å². The zero-order chi connectivity index (χ0) is 8.85. The van der Waals surface area contributed by atoms with Crippen LogP contribution in [0, 0.1) is 17.2 Å². The summed E-state index contributed by atoms with van der Waals surface area (Å²) in [5.74, 6) is -1.53. The molecule has 0 heterocycles. The van der Waals surface area contributed by atoms with Crippen molar-refractivity contribution >= 4 is 5.91 Å². The van der Waals surface area contributed by atoms with Crippen molar-refractivity contribution in [3.8, 4) is 6.07 Å². The Labute approximate surface area is 63.0 Å². The smallest absolute Gasteiger partial charge is 0.255 e. The number of nitrogens with zero attached hydrogens (tertiary/aromatic N) is 1. The summed E-state index contributed by atoms with van der Waals surface area (Å²) in [5, 5.41) is 10.1. The van der Waals surface area contributed by atoms with Gasteiger partial charge in [0.15, 0.2) is 0 Å². The molecular formula is C6H8F2N2O. The van der Waals surface area contributed by atoms with Crippen LogP contribution in [0.4, 0.5) is 8.78 Å². The van der Waals surface area contributed by atoms with Gasteiger partial charge >= 0.3 is 0 Å². The third kappa shape index (κ3) is 4.25. The van der Waals surface area contributed by atoms with Crippen LogP contribution in [-0.2, 0) is 4.79 Å². The number of rotatable bonds is 3. The minimum absolute atomic E-state index is 0.659. The molecule has 3 nitrogen and oxygen atoms in total. The fourth-order valence-corrected chi connectivity index (χ4v) is 0.389. The van der Waals surface area contributed by atoms with Crippen LogP contribution >= 0.6 is 0 Å². The van der Waals surface area contributed by atoms with E-state index in [2.05, 4.69) is 0 Å². The molecule has 5 heteroatoms. The lowest BCUT2D eigenvalue weighted by Crippen LogP contribution is -2.32. The Morgan fingerprint density at radius 1 is 1.73 bits per heavy atom. The van der Waals surface area contributed by atoms with Crippen molar-refractivity contribution in [2.75, 3.05) is 6.54 Å². The average Bonchev–Trinajstić information content (AvgIpc) is 1.98. The number of hydrogen-bond donors (Lipinski definition) is 1. The second kappa shape index (κ2) is 4.61. The van der Waals surface area contributed by atoms with E-state index in [1.807, 2.05) is 5.32 Å². The SMILES string of the molecule is CC(C#N)C(=O)NCC(F)F. The summed E-state index contributed by atoms with van der Waals surface area (Å²) >= 11 is 0. The third-order valence-electron chi connectivity index (χ3n) is 1.02. The van der Waals surface area contributed by atoms with Gasteiger partial charge in [-0.25, -0.2) is 8.78 Å².